The zero-order valence-corrected chi connectivity index (χ0v) is 66.9. The highest BCUT2D eigenvalue weighted by molar-refractivity contribution is 7.47. The standard InChI is InChI=1S/C80H156O17P2/c1-9-73(8)59-51-43-38-39-47-55-63-80(85)97-76(67-91-78(83)61-53-45-36-31-30-34-42-50-58-72(6)7)69-95-99(88,89)93-65-74(81)64-92-98(86,87)94-68-75(96-79(84)62-54-46-37-29-25-21-17-16-19-23-27-33-41-49-57-71(4)5)66-90-77(82)60-52-44-35-28-24-20-15-13-11-10-12-14-18-22-26-32-40-48-56-70(2)3/h70-76,81H,9-69H2,1-8H3,(H,86,87)(H,88,89)/t73?,74?,75-,76-/m1/s1. The van der Waals surface area contributed by atoms with Crippen molar-refractivity contribution in [1.29, 1.82) is 0 Å². The predicted molar refractivity (Wildman–Crippen MR) is 404 cm³/mol. The minimum absolute atomic E-state index is 0.102. The summed E-state index contributed by atoms with van der Waals surface area (Å²) in [6.07, 6.45) is 55.7. The second kappa shape index (κ2) is 69.1. The highest BCUT2D eigenvalue weighted by Crippen LogP contribution is 2.45. The van der Waals surface area contributed by atoms with E-state index in [1.54, 1.807) is 0 Å². The molecular weight excluding hydrogens is 1290 g/mol. The smallest absolute Gasteiger partial charge is 0.462 e. The molecule has 0 aromatic rings. The summed E-state index contributed by atoms with van der Waals surface area (Å²) >= 11 is 0. The van der Waals surface area contributed by atoms with Crippen molar-refractivity contribution in [3.05, 3.63) is 0 Å². The topological polar surface area (TPSA) is 237 Å². The second-order valence-corrected chi connectivity index (χ2v) is 33.4. The minimum atomic E-state index is -4.96. The molecule has 0 aromatic heterocycles. The van der Waals surface area contributed by atoms with Crippen LogP contribution in [0.4, 0.5) is 0 Å². The van der Waals surface area contributed by atoms with E-state index in [0.29, 0.717) is 25.7 Å². The Morgan fingerprint density at radius 3 is 0.717 bits per heavy atom. The predicted octanol–water partition coefficient (Wildman–Crippen LogP) is 23.6. The molecule has 588 valence electrons. The molecule has 3 N–H and O–H groups in total. The van der Waals surface area contributed by atoms with Crippen LogP contribution in [0, 0.1) is 23.7 Å². The van der Waals surface area contributed by atoms with Gasteiger partial charge in [-0.1, -0.05) is 357 Å². The fraction of sp³-hybridized carbons (Fsp3) is 0.950. The summed E-state index contributed by atoms with van der Waals surface area (Å²) < 4.78 is 68.6. The van der Waals surface area contributed by atoms with E-state index < -0.39 is 97.5 Å². The van der Waals surface area contributed by atoms with Crippen molar-refractivity contribution in [2.24, 2.45) is 23.7 Å². The molecule has 19 heteroatoms. The molecule has 0 saturated carbocycles. The number of rotatable bonds is 77. The zero-order chi connectivity index (χ0) is 73.1. The van der Waals surface area contributed by atoms with Crippen molar-refractivity contribution in [2.45, 2.75) is 427 Å². The van der Waals surface area contributed by atoms with Crippen molar-refractivity contribution in [3.63, 3.8) is 0 Å². The fourth-order valence-electron chi connectivity index (χ4n) is 12.2. The lowest BCUT2D eigenvalue weighted by Gasteiger charge is -2.21. The molecule has 0 aliphatic carbocycles. The van der Waals surface area contributed by atoms with E-state index in [9.17, 15) is 43.2 Å². The van der Waals surface area contributed by atoms with E-state index in [1.165, 1.54) is 212 Å². The first-order valence-corrected chi connectivity index (χ1v) is 44.2. The highest BCUT2D eigenvalue weighted by atomic mass is 31.2. The Bertz CT molecular complexity index is 1940. The lowest BCUT2D eigenvalue weighted by molar-refractivity contribution is -0.161. The molecule has 0 spiro atoms. The molecule has 4 unspecified atom stereocenters. The SMILES string of the molecule is CCC(C)CCCCCCCCC(=O)O[C@H](COC(=O)CCCCCCCCCCC(C)C)COP(=O)(O)OCC(O)COP(=O)(O)OC[C@@H](COC(=O)CCCCCCCCCCCCCCCCCCCCC(C)C)OC(=O)CCCCCCCCCCCCCCCCC(C)C. The number of esters is 4. The number of carbonyl (C=O) groups excluding carboxylic acids is 4. The summed E-state index contributed by atoms with van der Waals surface area (Å²) in [6.45, 7) is 14.2. The Hall–Kier alpha value is -1.94. The van der Waals surface area contributed by atoms with Crippen LogP contribution in [-0.2, 0) is 65.4 Å². The van der Waals surface area contributed by atoms with Gasteiger partial charge in [0.1, 0.15) is 19.3 Å². The number of hydrogen-bond acceptors (Lipinski definition) is 15. The average molecular weight is 1450 g/mol. The maximum Gasteiger partial charge on any atom is 0.472 e. The van der Waals surface area contributed by atoms with Gasteiger partial charge in [-0.3, -0.25) is 37.3 Å². The molecule has 0 saturated heterocycles. The minimum Gasteiger partial charge on any atom is -0.462 e. The highest BCUT2D eigenvalue weighted by Gasteiger charge is 2.30. The summed E-state index contributed by atoms with van der Waals surface area (Å²) in [4.78, 5) is 72.9. The van der Waals surface area contributed by atoms with Crippen LogP contribution >= 0.6 is 15.6 Å². The van der Waals surface area contributed by atoms with Crippen LogP contribution in [0.5, 0.6) is 0 Å². The fourth-order valence-corrected chi connectivity index (χ4v) is 13.8. The number of unbranched alkanes of at least 4 members (excludes halogenated alkanes) is 42. The quantitative estimate of drug-likeness (QED) is 0.0222. The molecule has 0 fully saturated rings. The molecule has 6 atom stereocenters. The molecule has 0 aliphatic heterocycles. The Kier molecular flexibility index (Phi) is 67.8. The summed E-state index contributed by atoms with van der Waals surface area (Å²) in [5.41, 5.74) is 0. The summed E-state index contributed by atoms with van der Waals surface area (Å²) in [6, 6.07) is 0. The third-order valence-corrected chi connectivity index (χ3v) is 20.8. The molecule has 0 amide bonds. The number of aliphatic hydroxyl groups is 1. The molecule has 0 bridgehead atoms. The lowest BCUT2D eigenvalue weighted by Crippen LogP contribution is -2.30. The van der Waals surface area contributed by atoms with E-state index in [4.69, 9.17) is 37.0 Å². The van der Waals surface area contributed by atoms with E-state index in [1.807, 2.05) is 0 Å². The number of phosphoric acid groups is 2. The molecule has 0 aliphatic rings. The third kappa shape index (κ3) is 72.8. The van der Waals surface area contributed by atoms with Gasteiger partial charge in [-0.25, -0.2) is 9.13 Å². The monoisotopic (exact) mass is 1450 g/mol. The molecule has 17 nitrogen and oxygen atoms in total. The first-order chi connectivity index (χ1) is 47.6. The van der Waals surface area contributed by atoms with Crippen molar-refractivity contribution in [3.8, 4) is 0 Å². The Morgan fingerprint density at radius 2 is 0.485 bits per heavy atom. The second-order valence-electron chi connectivity index (χ2n) is 30.5. The summed E-state index contributed by atoms with van der Waals surface area (Å²) in [5, 5.41) is 10.6. The van der Waals surface area contributed by atoms with Crippen molar-refractivity contribution in [2.75, 3.05) is 39.6 Å². The summed E-state index contributed by atoms with van der Waals surface area (Å²) in [7, 11) is -9.92. The van der Waals surface area contributed by atoms with Gasteiger partial charge in [-0.05, 0) is 49.4 Å². The van der Waals surface area contributed by atoms with Crippen LogP contribution in [0.15, 0.2) is 0 Å². The van der Waals surface area contributed by atoms with Gasteiger partial charge in [-0.2, -0.15) is 0 Å². The Balaban J connectivity index is 5.20. The van der Waals surface area contributed by atoms with Crippen molar-refractivity contribution < 1.29 is 80.2 Å². The number of ether oxygens (including phenoxy) is 4. The Labute approximate surface area is 607 Å². The van der Waals surface area contributed by atoms with Crippen LogP contribution in [-0.4, -0.2) is 96.7 Å². The van der Waals surface area contributed by atoms with Crippen LogP contribution in [0.25, 0.3) is 0 Å². The van der Waals surface area contributed by atoms with Gasteiger partial charge in [0.2, 0.25) is 0 Å². The molecular formula is C80H156O17P2. The molecule has 0 rings (SSSR count). The van der Waals surface area contributed by atoms with Crippen LogP contribution in [0.2, 0.25) is 0 Å². The molecule has 0 aromatic carbocycles. The number of carbonyl (C=O) groups is 4. The Morgan fingerprint density at radius 1 is 0.283 bits per heavy atom. The van der Waals surface area contributed by atoms with E-state index in [0.717, 1.165) is 114 Å². The number of phosphoric ester groups is 2. The van der Waals surface area contributed by atoms with Crippen LogP contribution in [0.1, 0.15) is 409 Å². The van der Waals surface area contributed by atoms with Gasteiger partial charge in [-0.15, -0.1) is 0 Å². The van der Waals surface area contributed by atoms with E-state index in [2.05, 4.69) is 55.4 Å². The van der Waals surface area contributed by atoms with E-state index in [-0.39, 0.29) is 25.7 Å². The number of aliphatic hydroxyl groups excluding tert-OH is 1. The average Bonchev–Trinajstić information content (AvgIpc) is 1.44. The van der Waals surface area contributed by atoms with E-state index >= 15 is 0 Å². The van der Waals surface area contributed by atoms with Gasteiger partial charge >= 0.3 is 39.5 Å². The van der Waals surface area contributed by atoms with Gasteiger partial charge in [0.25, 0.3) is 0 Å². The first-order valence-electron chi connectivity index (χ1n) is 41.2. The molecule has 99 heavy (non-hydrogen) atoms. The maximum absolute atomic E-state index is 13.1. The van der Waals surface area contributed by atoms with Gasteiger partial charge in [0.05, 0.1) is 26.4 Å². The van der Waals surface area contributed by atoms with Gasteiger partial charge in [0, 0.05) is 25.7 Å². The zero-order valence-electron chi connectivity index (χ0n) is 65.1. The first kappa shape index (κ1) is 97.1. The normalized spacial score (nSPS) is 14.3. The molecule has 0 heterocycles. The number of hydrogen-bond donors (Lipinski definition) is 3. The summed E-state index contributed by atoms with van der Waals surface area (Å²) in [5.74, 6) is 0.945. The largest absolute Gasteiger partial charge is 0.472 e. The lowest BCUT2D eigenvalue weighted by atomic mass is 10.00. The van der Waals surface area contributed by atoms with Crippen molar-refractivity contribution in [1.82, 2.24) is 0 Å². The molecule has 0 radical (unpaired) electrons. The third-order valence-electron chi connectivity index (χ3n) is 18.9. The van der Waals surface area contributed by atoms with Crippen LogP contribution < -0.4 is 0 Å². The van der Waals surface area contributed by atoms with Crippen molar-refractivity contribution >= 4 is 39.5 Å². The van der Waals surface area contributed by atoms with Crippen LogP contribution in [0.3, 0.4) is 0 Å². The van der Waals surface area contributed by atoms with Gasteiger partial charge in [0.15, 0.2) is 12.2 Å². The van der Waals surface area contributed by atoms with Gasteiger partial charge < -0.3 is 33.8 Å². The maximum atomic E-state index is 13.1.